The number of hydrogen-bond acceptors (Lipinski definition) is 3. The van der Waals surface area contributed by atoms with Crippen molar-refractivity contribution in [1.29, 1.82) is 0 Å². The first kappa shape index (κ1) is 21.0. The number of carbonyl (C=O) groups is 1. The molecule has 6 heteroatoms. The highest BCUT2D eigenvalue weighted by Crippen LogP contribution is 2.16. The van der Waals surface area contributed by atoms with Crippen molar-refractivity contribution >= 4 is 30.7 Å². The monoisotopic (exact) mass is 339 g/mol. The molecule has 0 saturated carbocycles. The largest absolute Gasteiger partial charge is 0.355 e. The number of carbonyl (C=O) groups excluding carboxylic acids is 1. The van der Waals surface area contributed by atoms with Gasteiger partial charge in [-0.05, 0) is 52.1 Å². The molecule has 2 saturated heterocycles. The number of halogens is 2. The van der Waals surface area contributed by atoms with Crippen molar-refractivity contribution in [2.24, 2.45) is 0 Å². The zero-order valence-corrected chi connectivity index (χ0v) is 14.7. The normalized spacial score (nSPS) is 26.3. The third-order valence-corrected chi connectivity index (χ3v) is 4.49. The molecule has 1 amide bonds. The summed E-state index contributed by atoms with van der Waals surface area (Å²) in [4.78, 5) is 14.5. The van der Waals surface area contributed by atoms with Crippen molar-refractivity contribution in [3.63, 3.8) is 0 Å². The van der Waals surface area contributed by atoms with E-state index in [0.717, 1.165) is 38.5 Å². The lowest BCUT2D eigenvalue weighted by Crippen LogP contribution is -2.47. The van der Waals surface area contributed by atoms with Gasteiger partial charge in [0, 0.05) is 19.1 Å². The van der Waals surface area contributed by atoms with E-state index in [4.69, 9.17) is 0 Å². The van der Waals surface area contributed by atoms with Crippen LogP contribution in [0.1, 0.15) is 51.9 Å². The predicted molar refractivity (Wildman–Crippen MR) is 92.7 cm³/mol. The van der Waals surface area contributed by atoms with Gasteiger partial charge in [-0.2, -0.15) is 0 Å². The summed E-state index contributed by atoms with van der Waals surface area (Å²) in [5.41, 5.74) is 0. The van der Waals surface area contributed by atoms with Crippen LogP contribution in [0.5, 0.6) is 0 Å². The van der Waals surface area contributed by atoms with Crippen LogP contribution < -0.4 is 10.6 Å². The Bertz CT molecular complexity index is 286. The lowest BCUT2D eigenvalue weighted by Gasteiger charge is -2.33. The van der Waals surface area contributed by atoms with E-state index < -0.39 is 0 Å². The van der Waals surface area contributed by atoms with Crippen molar-refractivity contribution < 1.29 is 4.79 Å². The van der Waals surface area contributed by atoms with E-state index in [-0.39, 0.29) is 36.8 Å². The van der Waals surface area contributed by atoms with Gasteiger partial charge in [0.15, 0.2) is 0 Å². The molecule has 2 rings (SSSR count). The Hall–Kier alpha value is -0.0300. The smallest absolute Gasteiger partial charge is 0.237 e. The van der Waals surface area contributed by atoms with Crippen molar-refractivity contribution in [2.75, 3.05) is 26.2 Å². The fraction of sp³-hybridized carbons (Fsp3) is 0.933. The molecule has 2 atom stereocenters. The van der Waals surface area contributed by atoms with Crippen LogP contribution >= 0.6 is 24.8 Å². The Kier molecular flexibility index (Phi) is 11.5. The third-order valence-electron chi connectivity index (χ3n) is 4.49. The number of piperidine rings is 2. The molecule has 126 valence electrons. The summed E-state index contributed by atoms with van der Waals surface area (Å²) in [5, 5.41) is 6.37. The highest BCUT2D eigenvalue weighted by atomic mass is 35.5. The Morgan fingerprint density at radius 3 is 2.62 bits per heavy atom. The molecular weight excluding hydrogens is 309 g/mol. The molecule has 2 N–H and O–H groups in total. The Morgan fingerprint density at radius 2 is 1.95 bits per heavy atom. The van der Waals surface area contributed by atoms with E-state index in [1.165, 1.54) is 38.6 Å². The molecule has 0 spiro atoms. The Labute approximate surface area is 141 Å². The quantitative estimate of drug-likeness (QED) is 0.755. The second-order valence-electron chi connectivity index (χ2n) is 6.03. The third kappa shape index (κ3) is 7.18. The molecule has 2 heterocycles. The first-order valence-electron chi connectivity index (χ1n) is 8.02. The summed E-state index contributed by atoms with van der Waals surface area (Å²) in [6.45, 7) is 6.49. The number of hydrogen-bond donors (Lipinski definition) is 2. The molecule has 0 aromatic heterocycles. The SMILES string of the molecule is CC1CCCCN1CCCNC(=O)C1CCCCN1.Cl.Cl. The van der Waals surface area contributed by atoms with Crippen LogP contribution in [0.25, 0.3) is 0 Å². The summed E-state index contributed by atoms with van der Waals surface area (Å²) >= 11 is 0. The molecule has 0 radical (unpaired) electrons. The minimum absolute atomic E-state index is 0. The fourth-order valence-corrected chi connectivity index (χ4v) is 3.18. The zero-order chi connectivity index (χ0) is 13.5. The van der Waals surface area contributed by atoms with Crippen LogP contribution in [-0.4, -0.2) is 49.1 Å². The maximum atomic E-state index is 11.9. The maximum Gasteiger partial charge on any atom is 0.237 e. The molecule has 2 fully saturated rings. The van der Waals surface area contributed by atoms with E-state index in [1.54, 1.807) is 0 Å². The predicted octanol–water partition coefficient (Wildman–Crippen LogP) is 2.35. The van der Waals surface area contributed by atoms with Gasteiger partial charge < -0.3 is 15.5 Å². The minimum atomic E-state index is 0. The zero-order valence-electron chi connectivity index (χ0n) is 13.1. The minimum Gasteiger partial charge on any atom is -0.355 e. The Balaban J connectivity index is 0.00000200. The lowest BCUT2D eigenvalue weighted by molar-refractivity contribution is -0.123. The van der Waals surface area contributed by atoms with Gasteiger partial charge in [-0.1, -0.05) is 12.8 Å². The summed E-state index contributed by atoms with van der Waals surface area (Å²) in [5.74, 6) is 0.200. The summed E-state index contributed by atoms with van der Waals surface area (Å²) in [6.07, 6.45) is 8.49. The molecule has 0 bridgehead atoms. The van der Waals surface area contributed by atoms with Gasteiger partial charge in [0.2, 0.25) is 5.91 Å². The van der Waals surface area contributed by atoms with Crippen molar-refractivity contribution in [3.8, 4) is 0 Å². The van der Waals surface area contributed by atoms with Crippen LogP contribution in [0.3, 0.4) is 0 Å². The summed E-state index contributed by atoms with van der Waals surface area (Å²) in [6, 6.07) is 0.784. The first-order valence-corrected chi connectivity index (χ1v) is 8.02. The number of nitrogens with one attached hydrogen (secondary N) is 2. The van der Waals surface area contributed by atoms with Gasteiger partial charge in [0.25, 0.3) is 0 Å². The van der Waals surface area contributed by atoms with Gasteiger partial charge in [0.1, 0.15) is 0 Å². The molecule has 0 aromatic rings. The van der Waals surface area contributed by atoms with E-state index in [9.17, 15) is 4.79 Å². The standard InChI is InChI=1S/C15H29N3O.2ClH/c1-13-7-3-5-11-18(13)12-6-10-17-15(19)14-8-2-4-9-16-14;;/h13-14,16H,2-12H2,1H3,(H,17,19);2*1H. The van der Waals surface area contributed by atoms with Crippen molar-refractivity contribution in [1.82, 2.24) is 15.5 Å². The molecule has 2 unspecified atom stereocenters. The fourth-order valence-electron chi connectivity index (χ4n) is 3.18. The van der Waals surface area contributed by atoms with Crippen LogP contribution in [0.15, 0.2) is 0 Å². The van der Waals surface area contributed by atoms with E-state index in [1.807, 2.05) is 0 Å². The molecule has 0 aliphatic carbocycles. The van der Waals surface area contributed by atoms with Crippen molar-refractivity contribution in [3.05, 3.63) is 0 Å². The number of amides is 1. The Morgan fingerprint density at radius 1 is 1.19 bits per heavy atom. The second kappa shape index (κ2) is 11.5. The van der Waals surface area contributed by atoms with E-state index >= 15 is 0 Å². The number of likely N-dealkylation sites (tertiary alicyclic amines) is 1. The maximum absolute atomic E-state index is 11.9. The summed E-state index contributed by atoms with van der Waals surface area (Å²) < 4.78 is 0. The lowest BCUT2D eigenvalue weighted by atomic mass is 10.0. The van der Waals surface area contributed by atoms with Crippen LogP contribution in [0.4, 0.5) is 0 Å². The topological polar surface area (TPSA) is 44.4 Å². The average molecular weight is 340 g/mol. The highest BCUT2D eigenvalue weighted by Gasteiger charge is 2.20. The molecular formula is C15H31Cl2N3O. The van der Waals surface area contributed by atoms with Gasteiger partial charge in [-0.3, -0.25) is 4.79 Å². The van der Waals surface area contributed by atoms with Gasteiger partial charge in [-0.15, -0.1) is 24.8 Å². The van der Waals surface area contributed by atoms with Gasteiger partial charge in [0.05, 0.1) is 6.04 Å². The summed E-state index contributed by atoms with van der Waals surface area (Å²) in [7, 11) is 0. The second-order valence-corrected chi connectivity index (χ2v) is 6.03. The van der Waals surface area contributed by atoms with Gasteiger partial charge in [-0.25, -0.2) is 0 Å². The molecule has 2 aliphatic rings. The molecule has 0 aromatic carbocycles. The van der Waals surface area contributed by atoms with E-state index in [2.05, 4.69) is 22.5 Å². The van der Waals surface area contributed by atoms with Crippen LogP contribution in [-0.2, 0) is 4.79 Å². The average Bonchev–Trinajstić information content (AvgIpc) is 2.46. The van der Waals surface area contributed by atoms with E-state index in [0.29, 0.717) is 0 Å². The number of nitrogens with zero attached hydrogens (tertiary/aromatic N) is 1. The molecule has 21 heavy (non-hydrogen) atoms. The van der Waals surface area contributed by atoms with Crippen molar-refractivity contribution in [2.45, 2.75) is 64.0 Å². The first-order chi connectivity index (χ1) is 9.27. The highest BCUT2D eigenvalue weighted by molar-refractivity contribution is 5.85. The molecule has 4 nitrogen and oxygen atoms in total. The molecule has 2 aliphatic heterocycles. The number of rotatable bonds is 5. The van der Waals surface area contributed by atoms with Crippen LogP contribution in [0.2, 0.25) is 0 Å². The van der Waals surface area contributed by atoms with Crippen LogP contribution in [0, 0.1) is 0 Å². The van der Waals surface area contributed by atoms with Gasteiger partial charge >= 0.3 is 0 Å².